The van der Waals surface area contributed by atoms with E-state index < -0.39 is 5.97 Å². The molecule has 1 fully saturated rings. The van der Waals surface area contributed by atoms with Gasteiger partial charge in [-0.15, -0.1) is 5.10 Å². The molecule has 1 saturated heterocycles. The second-order valence-electron chi connectivity index (χ2n) is 4.43. The van der Waals surface area contributed by atoms with Gasteiger partial charge >= 0.3 is 5.97 Å². The van der Waals surface area contributed by atoms with Crippen LogP contribution in [-0.4, -0.2) is 41.5 Å². The van der Waals surface area contributed by atoms with Crippen molar-refractivity contribution in [1.82, 2.24) is 9.59 Å². The van der Waals surface area contributed by atoms with E-state index in [0.29, 0.717) is 23.8 Å². The lowest BCUT2D eigenvalue weighted by Crippen LogP contribution is -2.08. The summed E-state index contributed by atoms with van der Waals surface area (Å²) in [4.78, 5) is 12.6. The lowest BCUT2D eigenvalue weighted by molar-refractivity contribution is 0.0520. The maximum Gasteiger partial charge on any atom is 0.360 e. The van der Waals surface area contributed by atoms with Gasteiger partial charge in [-0.25, -0.2) is 4.79 Å². The Balaban J connectivity index is 1.89. The van der Waals surface area contributed by atoms with Crippen LogP contribution in [0.25, 0.3) is 10.4 Å². The molecule has 0 bridgehead atoms. The van der Waals surface area contributed by atoms with E-state index in [1.165, 1.54) is 0 Å². The highest BCUT2D eigenvalue weighted by molar-refractivity contribution is 7.09. The summed E-state index contributed by atoms with van der Waals surface area (Å²) < 4.78 is 19.7. The van der Waals surface area contributed by atoms with Gasteiger partial charge in [0.1, 0.15) is 18.5 Å². The average molecular weight is 306 g/mol. The van der Waals surface area contributed by atoms with E-state index >= 15 is 0 Å². The van der Waals surface area contributed by atoms with Gasteiger partial charge in [0.25, 0.3) is 0 Å². The summed E-state index contributed by atoms with van der Waals surface area (Å²) in [6, 6.07) is 7.49. The van der Waals surface area contributed by atoms with Gasteiger partial charge in [-0.1, -0.05) is 16.6 Å². The Hall–Kier alpha value is -1.99. The fraction of sp³-hybridized carbons (Fsp3) is 0.357. The summed E-state index contributed by atoms with van der Waals surface area (Å²) >= 11 is 1.15. The monoisotopic (exact) mass is 306 g/mol. The van der Waals surface area contributed by atoms with E-state index in [1.54, 1.807) is 6.92 Å². The number of para-hydroxylation sites is 1. The summed E-state index contributed by atoms with van der Waals surface area (Å²) in [5, 5.41) is 3.87. The number of aromatic nitrogens is 2. The van der Waals surface area contributed by atoms with Crippen LogP contribution in [0.2, 0.25) is 0 Å². The van der Waals surface area contributed by atoms with Gasteiger partial charge in [0.2, 0.25) is 0 Å². The van der Waals surface area contributed by atoms with Gasteiger partial charge in [0, 0.05) is 5.56 Å². The molecule has 7 heteroatoms. The molecular weight excluding hydrogens is 292 g/mol. The van der Waals surface area contributed by atoms with Crippen LogP contribution in [0.4, 0.5) is 0 Å². The van der Waals surface area contributed by atoms with Crippen LogP contribution in [0, 0.1) is 0 Å². The first-order valence-corrected chi connectivity index (χ1v) is 7.40. The molecule has 0 spiro atoms. The molecule has 1 aromatic heterocycles. The number of epoxide rings is 1. The normalized spacial score (nSPS) is 16.5. The van der Waals surface area contributed by atoms with Crippen LogP contribution in [0.3, 0.4) is 0 Å². The van der Waals surface area contributed by atoms with Gasteiger partial charge in [0.05, 0.1) is 18.1 Å². The zero-order valence-electron chi connectivity index (χ0n) is 11.4. The average Bonchev–Trinajstić information content (AvgIpc) is 3.20. The highest BCUT2D eigenvalue weighted by Gasteiger charge is 2.25. The predicted molar refractivity (Wildman–Crippen MR) is 76.5 cm³/mol. The van der Waals surface area contributed by atoms with E-state index in [-0.39, 0.29) is 11.8 Å². The van der Waals surface area contributed by atoms with Crippen molar-refractivity contribution < 1.29 is 19.0 Å². The number of rotatable bonds is 6. The number of carbonyl (C=O) groups is 1. The standard InChI is InChI=1S/C14H14N2O4S/c1-2-18-14(17)12-13(21-16-15-12)10-5-3-4-6-11(10)20-8-9-7-19-9/h3-6,9H,2,7-8H2,1H3. The predicted octanol–water partition coefficient (Wildman–Crippen LogP) is 2.16. The third kappa shape index (κ3) is 3.20. The van der Waals surface area contributed by atoms with Crippen molar-refractivity contribution in [3.8, 4) is 16.2 Å². The number of esters is 1. The van der Waals surface area contributed by atoms with Crippen molar-refractivity contribution in [2.45, 2.75) is 13.0 Å². The van der Waals surface area contributed by atoms with Crippen LogP contribution in [0.1, 0.15) is 17.4 Å². The van der Waals surface area contributed by atoms with Crippen LogP contribution in [-0.2, 0) is 9.47 Å². The van der Waals surface area contributed by atoms with Crippen LogP contribution in [0.5, 0.6) is 5.75 Å². The highest BCUT2D eigenvalue weighted by Crippen LogP contribution is 2.34. The topological polar surface area (TPSA) is 73.8 Å². The number of ether oxygens (including phenoxy) is 3. The first kappa shape index (κ1) is 14.0. The second kappa shape index (κ2) is 6.19. The quantitative estimate of drug-likeness (QED) is 0.601. The SMILES string of the molecule is CCOC(=O)c1nnsc1-c1ccccc1OCC1CO1. The minimum atomic E-state index is -0.471. The van der Waals surface area contributed by atoms with Crippen molar-refractivity contribution in [1.29, 1.82) is 0 Å². The van der Waals surface area contributed by atoms with E-state index in [4.69, 9.17) is 14.2 Å². The van der Waals surface area contributed by atoms with E-state index in [2.05, 4.69) is 9.59 Å². The molecule has 0 radical (unpaired) electrons. The molecule has 0 N–H and O–H groups in total. The Morgan fingerprint density at radius 3 is 3.05 bits per heavy atom. The molecule has 21 heavy (non-hydrogen) atoms. The van der Waals surface area contributed by atoms with Crippen molar-refractivity contribution in [2.75, 3.05) is 19.8 Å². The van der Waals surface area contributed by atoms with E-state index in [0.717, 1.165) is 23.7 Å². The maximum absolute atomic E-state index is 11.9. The van der Waals surface area contributed by atoms with Crippen molar-refractivity contribution in [3.05, 3.63) is 30.0 Å². The number of hydrogen-bond donors (Lipinski definition) is 0. The van der Waals surface area contributed by atoms with E-state index in [1.807, 2.05) is 24.3 Å². The summed E-state index contributed by atoms with van der Waals surface area (Å²) in [5.74, 6) is 0.214. The van der Waals surface area contributed by atoms with Gasteiger partial charge < -0.3 is 14.2 Å². The molecule has 0 amide bonds. The first-order chi connectivity index (χ1) is 10.3. The fourth-order valence-corrected chi connectivity index (χ4v) is 2.51. The lowest BCUT2D eigenvalue weighted by Gasteiger charge is -2.09. The van der Waals surface area contributed by atoms with Gasteiger partial charge in [-0.3, -0.25) is 0 Å². The van der Waals surface area contributed by atoms with Crippen LogP contribution >= 0.6 is 11.5 Å². The Morgan fingerprint density at radius 2 is 2.29 bits per heavy atom. The molecular formula is C14H14N2O4S. The van der Waals surface area contributed by atoms with Crippen molar-refractivity contribution in [3.63, 3.8) is 0 Å². The summed E-state index contributed by atoms with van der Waals surface area (Å²) in [5.41, 5.74) is 1.01. The maximum atomic E-state index is 11.9. The molecule has 2 aromatic rings. The molecule has 0 saturated carbocycles. The van der Waals surface area contributed by atoms with Gasteiger partial charge in [-0.2, -0.15) is 0 Å². The molecule has 1 aromatic carbocycles. The van der Waals surface area contributed by atoms with E-state index in [9.17, 15) is 4.79 Å². The zero-order chi connectivity index (χ0) is 14.7. The number of benzene rings is 1. The minimum Gasteiger partial charge on any atom is -0.490 e. The molecule has 2 heterocycles. The summed E-state index contributed by atoms with van der Waals surface area (Å²) in [7, 11) is 0. The van der Waals surface area contributed by atoms with Crippen LogP contribution < -0.4 is 4.74 Å². The third-order valence-electron chi connectivity index (χ3n) is 2.92. The molecule has 1 aliphatic heterocycles. The second-order valence-corrected chi connectivity index (χ2v) is 5.19. The number of hydrogen-bond acceptors (Lipinski definition) is 7. The lowest BCUT2D eigenvalue weighted by atomic mass is 10.1. The Bertz CT molecular complexity index is 639. The highest BCUT2D eigenvalue weighted by atomic mass is 32.1. The van der Waals surface area contributed by atoms with Crippen LogP contribution in [0.15, 0.2) is 24.3 Å². The first-order valence-electron chi connectivity index (χ1n) is 6.63. The Labute approximate surface area is 125 Å². The summed E-state index contributed by atoms with van der Waals surface area (Å²) in [6.07, 6.45) is 0.169. The summed E-state index contributed by atoms with van der Waals surface area (Å²) in [6.45, 7) is 3.29. The molecule has 3 rings (SSSR count). The Kier molecular flexibility index (Phi) is 4.12. The zero-order valence-corrected chi connectivity index (χ0v) is 12.3. The Morgan fingerprint density at radius 1 is 1.48 bits per heavy atom. The molecule has 6 nitrogen and oxygen atoms in total. The van der Waals surface area contributed by atoms with Crippen molar-refractivity contribution in [2.24, 2.45) is 0 Å². The molecule has 0 aliphatic carbocycles. The number of nitrogens with zero attached hydrogens (tertiary/aromatic N) is 2. The van der Waals surface area contributed by atoms with Gasteiger partial charge in [0.15, 0.2) is 5.69 Å². The fourth-order valence-electron chi connectivity index (χ4n) is 1.83. The molecule has 110 valence electrons. The minimum absolute atomic E-state index is 0.169. The smallest absolute Gasteiger partial charge is 0.360 e. The molecule has 1 aliphatic rings. The largest absolute Gasteiger partial charge is 0.490 e. The number of carbonyl (C=O) groups excluding carboxylic acids is 1. The third-order valence-corrected chi connectivity index (χ3v) is 3.67. The molecule has 1 unspecified atom stereocenters. The van der Waals surface area contributed by atoms with Gasteiger partial charge in [-0.05, 0) is 30.6 Å². The van der Waals surface area contributed by atoms with Crippen molar-refractivity contribution >= 4 is 17.5 Å². The molecule has 1 atom stereocenters.